The molecule has 0 bridgehead atoms. The van der Waals surface area contributed by atoms with E-state index in [0.717, 1.165) is 55.7 Å². The summed E-state index contributed by atoms with van der Waals surface area (Å²) in [6, 6.07) is 13.3. The fourth-order valence-electron chi connectivity index (χ4n) is 4.45. The zero-order valence-electron chi connectivity index (χ0n) is 18.2. The maximum atomic E-state index is 12.7. The van der Waals surface area contributed by atoms with Crippen molar-refractivity contribution >= 4 is 29.0 Å². The van der Waals surface area contributed by atoms with Gasteiger partial charge >= 0.3 is 6.03 Å². The number of hydrogen-bond acceptors (Lipinski definition) is 3. The van der Waals surface area contributed by atoms with Gasteiger partial charge in [-0.1, -0.05) is 37.0 Å². The van der Waals surface area contributed by atoms with Crippen LogP contribution in [0.1, 0.15) is 60.9 Å². The molecule has 2 aromatic carbocycles. The molecular formula is C25H32N4O2. The Balaban J connectivity index is 1.50. The SMILES string of the molecule is Cc1ccc(C(=O)Nc2ccc(N3CCCC3)c(NC(=O)NC3CCCCC3)c2)cc1. The summed E-state index contributed by atoms with van der Waals surface area (Å²) in [6.45, 7) is 3.96. The van der Waals surface area contributed by atoms with Crippen molar-refractivity contribution in [3.05, 3.63) is 53.6 Å². The first kappa shape index (κ1) is 21.2. The number of urea groups is 1. The standard InChI is InChI=1S/C25H32N4O2/c1-18-9-11-19(12-10-18)24(30)26-21-13-14-23(29-15-5-6-16-29)22(17-21)28-25(31)27-20-7-3-2-4-8-20/h9-14,17,20H,2-8,15-16H2,1H3,(H,26,30)(H2,27,28,31). The smallest absolute Gasteiger partial charge is 0.319 e. The molecular weight excluding hydrogens is 388 g/mol. The lowest BCUT2D eigenvalue weighted by Gasteiger charge is -2.25. The Morgan fingerprint density at radius 3 is 2.29 bits per heavy atom. The second-order valence-electron chi connectivity index (χ2n) is 8.68. The van der Waals surface area contributed by atoms with Gasteiger partial charge in [-0.15, -0.1) is 0 Å². The maximum Gasteiger partial charge on any atom is 0.319 e. The number of nitrogens with zero attached hydrogens (tertiary/aromatic N) is 1. The summed E-state index contributed by atoms with van der Waals surface area (Å²) in [5.41, 5.74) is 4.13. The molecule has 0 aromatic heterocycles. The van der Waals surface area contributed by atoms with Gasteiger partial charge in [0, 0.05) is 30.4 Å². The van der Waals surface area contributed by atoms with E-state index >= 15 is 0 Å². The topological polar surface area (TPSA) is 73.5 Å². The van der Waals surface area contributed by atoms with Gasteiger partial charge in [-0.3, -0.25) is 4.79 Å². The normalized spacial score (nSPS) is 16.7. The van der Waals surface area contributed by atoms with Gasteiger partial charge in [-0.25, -0.2) is 4.79 Å². The second-order valence-corrected chi connectivity index (χ2v) is 8.68. The quantitative estimate of drug-likeness (QED) is 0.614. The molecule has 1 aliphatic carbocycles. The fraction of sp³-hybridized carbons (Fsp3) is 0.440. The van der Waals surface area contributed by atoms with Crippen LogP contribution in [0.15, 0.2) is 42.5 Å². The fourth-order valence-corrected chi connectivity index (χ4v) is 4.45. The number of benzene rings is 2. The van der Waals surface area contributed by atoms with Gasteiger partial charge in [0.1, 0.15) is 0 Å². The van der Waals surface area contributed by atoms with E-state index in [0.29, 0.717) is 11.3 Å². The summed E-state index contributed by atoms with van der Waals surface area (Å²) >= 11 is 0. The molecule has 164 valence electrons. The van der Waals surface area contributed by atoms with Gasteiger partial charge in [0.15, 0.2) is 0 Å². The lowest BCUT2D eigenvalue weighted by atomic mass is 9.96. The van der Waals surface area contributed by atoms with E-state index in [9.17, 15) is 9.59 Å². The molecule has 1 saturated carbocycles. The predicted molar refractivity (Wildman–Crippen MR) is 126 cm³/mol. The summed E-state index contributed by atoms with van der Waals surface area (Å²) in [6.07, 6.45) is 7.98. The van der Waals surface area contributed by atoms with Gasteiger partial charge in [-0.2, -0.15) is 0 Å². The second kappa shape index (κ2) is 9.86. The van der Waals surface area contributed by atoms with Crippen LogP contribution in [0, 0.1) is 6.92 Å². The third kappa shape index (κ3) is 5.57. The molecule has 0 spiro atoms. The van der Waals surface area contributed by atoms with E-state index in [2.05, 4.69) is 20.9 Å². The molecule has 4 rings (SSSR count). The molecule has 1 saturated heterocycles. The Bertz CT molecular complexity index is 914. The zero-order valence-corrected chi connectivity index (χ0v) is 18.2. The number of carbonyl (C=O) groups excluding carboxylic acids is 2. The number of aryl methyl sites for hydroxylation is 1. The summed E-state index contributed by atoms with van der Waals surface area (Å²) < 4.78 is 0. The van der Waals surface area contributed by atoms with Crippen LogP contribution in [0.4, 0.5) is 21.9 Å². The predicted octanol–water partition coefficient (Wildman–Crippen LogP) is 5.30. The zero-order chi connectivity index (χ0) is 21.6. The summed E-state index contributed by atoms with van der Waals surface area (Å²) in [4.78, 5) is 27.6. The van der Waals surface area contributed by atoms with Crippen LogP contribution < -0.4 is 20.9 Å². The summed E-state index contributed by atoms with van der Waals surface area (Å²) in [7, 11) is 0. The van der Waals surface area contributed by atoms with Crippen LogP contribution >= 0.6 is 0 Å². The first-order valence-electron chi connectivity index (χ1n) is 11.4. The average molecular weight is 421 g/mol. The molecule has 31 heavy (non-hydrogen) atoms. The Morgan fingerprint density at radius 2 is 1.58 bits per heavy atom. The van der Waals surface area contributed by atoms with Crippen molar-refractivity contribution in [2.75, 3.05) is 28.6 Å². The van der Waals surface area contributed by atoms with E-state index in [4.69, 9.17) is 0 Å². The Labute approximate surface area is 184 Å². The van der Waals surface area contributed by atoms with Crippen molar-refractivity contribution in [2.24, 2.45) is 0 Å². The number of hydrogen-bond donors (Lipinski definition) is 3. The molecule has 3 N–H and O–H groups in total. The van der Waals surface area contributed by atoms with Crippen molar-refractivity contribution in [3.8, 4) is 0 Å². The Morgan fingerprint density at radius 1 is 0.871 bits per heavy atom. The lowest BCUT2D eigenvalue weighted by molar-refractivity contribution is 0.102. The van der Waals surface area contributed by atoms with Crippen LogP contribution in [0.3, 0.4) is 0 Å². The van der Waals surface area contributed by atoms with Crippen LogP contribution in [-0.2, 0) is 0 Å². The number of carbonyl (C=O) groups is 2. The van der Waals surface area contributed by atoms with Crippen LogP contribution in [-0.4, -0.2) is 31.1 Å². The maximum absolute atomic E-state index is 12.7. The van der Waals surface area contributed by atoms with E-state index in [1.807, 2.05) is 49.4 Å². The molecule has 3 amide bonds. The minimum Gasteiger partial charge on any atom is -0.370 e. The first-order chi connectivity index (χ1) is 15.1. The monoisotopic (exact) mass is 420 g/mol. The third-order valence-electron chi connectivity index (χ3n) is 6.20. The van der Waals surface area contributed by atoms with E-state index in [1.54, 1.807) is 0 Å². The van der Waals surface area contributed by atoms with Crippen molar-refractivity contribution in [1.29, 1.82) is 0 Å². The third-order valence-corrected chi connectivity index (χ3v) is 6.20. The lowest BCUT2D eigenvalue weighted by Crippen LogP contribution is -2.39. The number of anilines is 3. The van der Waals surface area contributed by atoms with E-state index in [1.165, 1.54) is 19.3 Å². The van der Waals surface area contributed by atoms with Crippen molar-refractivity contribution in [3.63, 3.8) is 0 Å². The molecule has 6 nitrogen and oxygen atoms in total. The van der Waals surface area contributed by atoms with Crippen LogP contribution in [0.5, 0.6) is 0 Å². The van der Waals surface area contributed by atoms with Gasteiger partial charge in [0.05, 0.1) is 11.4 Å². The molecule has 2 aliphatic rings. The highest BCUT2D eigenvalue weighted by Crippen LogP contribution is 2.32. The van der Waals surface area contributed by atoms with Gasteiger partial charge in [0.25, 0.3) is 5.91 Å². The average Bonchev–Trinajstić information content (AvgIpc) is 3.29. The minimum absolute atomic E-state index is 0.161. The summed E-state index contributed by atoms with van der Waals surface area (Å²) in [5, 5.41) is 9.13. The molecule has 0 atom stereocenters. The molecule has 0 radical (unpaired) electrons. The number of amides is 3. The molecule has 6 heteroatoms. The Hall–Kier alpha value is -3.02. The highest BCUT2D eigenvalue weighted by atomic mass is 16.2. The van der Waals surface area contributed by atoms with Gasteiger partial charge in [0.2, 0.25) is 0 Å². The van der Waals surface area contributed by atoms with Crippen molar-refractivity contribution in [1.82, 2.24) is 5.32 Å². The highest BCUT2D eigenvalue weighted by molar-refractivity contribution is 6.05. The van der Waals surface area contributed by atoms with Crippen LogP contribution in [0.25, 0.3) is 0 Å². The first-order valence-corrected chi connectivity index (χ1v) is 11.4. The largest absolute Gasteiger partial charge is 0.370 e. The van der Waals surface area contributed by atoms with E-state index < -0.39 is 0 Å². The highest BCUT2D eigenvalue weighted by Gasteiger charge is 2.20. The van der Waals surface area contributed by atoms with E-state index in [-0.39, 0.29) is 18.0 Å². The molecule has 1 heterocycles. The molecule has 0 unspecified atom stereocenters. The summed E-state index contributed by atoms with van der Waals surface area (Å²) in [5.74, 6) is -0.161. The minimum atomic E-state index is -0.172. The Kier molecular flexibility index (Phi) is 6.75. The van der Waals surface area contributed by atoms with Crippen molar-refractivity contribution in [2.45, 2.75) is 57.9 Å². The molecule has 1 aliphatic heterocycles. The van der Waals surface area contributed by atoms with Crippen LogP contribution in [0.2, 0.25) is 0 Å². The molecule has 2 fully saturated rings. The van der Waals surface area contributed by atoms with Gasteiger partial charge in [-0.05, 0) is 62.9 Å². The number of rotatable bonds is 5. The molecule has 2 aromatic rings. The van der Waals surface area contributed by atoms with Gasteiger partial charge < -0.3 is 20.9 Å². The van der Waals surface area contributed by atoms with Crippen molar-refractivity contribution < 1.29 is 9.59 Å². The number of nitrogens with one attached hydrogen (secondary N) is 3.